The number of halogens is 3. The monoisotopic (exact) mass is 420 g/mol. The fraction of sp³-hybridized carbons (Fsp3) is 0.150. The van der Waals surface area contributed by atoms with Crippen molar-refractivity contribution in [2.24, 2.45) is 0 Å². The van der Waals surface area contributed by atoms with Gasteiger partial charge in [0.2, 0.25) is 0 Å². The van der Waals surface area contributed by atoms with Crippen LogP contribution in [0.4, 0.5) is 19.0 Å². The Morgan fingerprint density at radius 2 is 2.03 bits per heavy atom. The highest BCUT2D eigenvalue weighted by Gasteiger charge is 2.10. The maximum Gasteiger partial charge on any atom is 0.318 e. The molecule has 0 aliphatic heterocycles. The SMILES string of the molecule is C=C/C=C(\C=C/CF)COc1ncc(F)c(NC(=S)NCc2ccccc2F)n1. The number of aromatic nitrogens is 2. The van der Waals surface area contributed by atoms with Crippen molar-refractivity contribution in [2.45, 2.75) is 6.54 Å². The van der Waals surface area contributed by atoms with E-state index < -0.39 is 12.5 Å². The number of hydrogen-bond donors (Lipinski definition) is 2. The van der Waals surface area contributed by atoms with Gasteiger partial charge in [0, 0.05) is 12.1 Å². The minimum atomic E-state index is -0.744. The number of allylic oxidation sites excluding steroid dienone is 3. The summed E-state index contributed by atoms with van der Waals surface area (Å²) < 4.78 is 45.3. The van der Waals surface area contributed by atoms with Crippen LogP contribution in [0, 0.1) is 11.6 Å². The fourth-order valence-corrected chi connectivity index (χ4v) is 2.29. The van der Waals surface area contributed by atoms with E-state index in [1.54, 1.807) is 24.3 Å². The number of rotatable bonds is 9. The summed E-state index contributed by atoms with van der Waals surface area (Å²) in [7, 11) is 0. The van der Waals surface area contributed by atoms with E-state index in [2.05, 4.69) is 27.2 Å². The molecule has 152 valence electrons. The lowest BCUT2D eigenvalue weighted by Gasteiger charge is -2.12. The molecule has 29 heavy (non-hydrogen) atoms. The number of hydrogen-bond acceptors (Lipinski definition) is 4. The van der Waals surface area contributed by atoms with Gasteiger partial charge in [0.15, 0.2) is 16.7 Å². The Morgan fingerprint density at radius 3 is 2.76 bits per heavy atom. The number of alkyl halides is 1. The Hall–Kier alpha value is -3.20. The molecule has 1 aromatic heterocycles. The van der Waals surface area contributed by atoms with Crippen LogP contribution in [0.5, 0.6) is 6.01 Å². The molecule has 0 spiro atoms. The molecule has 2 aromatic rings. The maximum atomic E-state index is 14.0. The molecule has 0 atom stereocenters. The van der Waals surface area contributed by atoms with E-state index >= 15 is 0 Å². The molecule has 1 aromatic carbocycles. The highest BCUT2D eigenvalue weighted by molar-refractivity contribution is 7.80. The first-order valence-electron chi connectivity index (χ1n) is 8.51. The van der Waals surface area contributed by atoms with Gasteiger partial charge in [0.25, 0.3) is 0 Å². The van der Waals surface area contributed by atoms with Crippen molar-refractivity contribution in [3.63, 3.8) is 0 Å². The molecule has 0 saturated heterocycles. The van der Waals surface area contributed by atoms with Gasteiger partial charge in [-0.25, -0.2) is 18.2 Å². The smallest absolute Gasteiger partial charge is 0.318 e. The summed E-state index contributed by atoms with van der Waals surface area (Å²) in [6.07, 6.45) is 6.94. The summed E-state index contributed by atoms with van der Waals surface area (Å²) in [5.74, 6) is -1.32. The minimum absolute atomic E-state index is 0.0313. The van der Waals surface area contributed by atoms with Crippen LogP contribution in [-0.2, 0) is 6.54 Å². The summed E-state index contributed by atoms with van der Waals surface area (Å²) in [6, 6.07) is 6.11. The van der Waals surface area contributed by atoms with Gasteiger partial charge >= 0.3 is 6.01 Å². The van der Waals surface area contributed by atoms with Crippen molar-refractivity contribution in [3.8, 4) is 6.01 Å². The summed E-state index contributed by atoms with van der Waals surface area (Å²) in [6.45, 7) is 3.10. The van der Waals surface area contributed by atoms with Crippen LogP contribution in [0.3, 0.4) is 0 Å². The number of thiocarbonyl (C=S) groups is 1. The summed E-state index contributed by atoms with van der Waals surface area (Å²) in [5.41, 5.74) is 1.04. The lowest BCUT2D eigenvalue weighted by atomic mass is 10.2. The maximum absolute atomic E-state index is 14.0. The largest absolute Gasteiger partial charge is 0.459 e. The third-order valence-electron chi connectivity index (χ3n) is 3.47. The van der Waals surface area contributed by atoms with Crippen molar-refractivity contribution >= 4 is 23.1 Å². The Kier molecular flexibility index (Phi) is 8.84. The molecule has 0 amide bonds. The van der Waals surface area contributed by atoms with E-state index in [9.17, 15) is 13.2 Å². The molecule has 2 N–H and O–H groups in total. The third-order valence-corrected chi connectivity index (χ3v) is 3.72. The zero-order valence-corrected chi connectivity index (χ0v) is 16.2. The van der Waals surface area contributed by atoms with Crippen LogP contribution >= 0.6 is 12.2 Å². The van der Waals surface area contributed by atoms with Gasteiger partial charge in [0.1, 0.15) is 19.1 Å². The quantitative estimate of drug-likeness (QED) is 0.467. The number of benzene rings is 1. The Balaban J connectivity index is 1.98. The lowest BCUT2D eigenvalue weighted by molar-refractivity contribution is 0.325. The van der Waals surface area contributed by atoms with E-state index in [0.29, 0.717) is 11.1 Å². The molecule has 0 radical (unpaired) electrons. The number of nitrogens with one attached hydrogen (secondary N) is 2. The second kappa shape index (κ2) is 11.6. The van der Waals surface area contributed by atoms with Gasteiger partial charge in [-0.1, -0.05) is 49.1 Å². The summed E-state index contributed by atoms with van der Waals surface area (Å²) in [4.78, 5) is 7.68. The lowest BCUT2D eigenvalue weighted by Crippen LogP contribution is -2.29. The van der Waals surface area contributed by atoms with Crippen LogP contribution < -0.4 is 15.4 Å². The van der Waals surface area contributed by atoms with Gasteiger partial charge in [-0.15, -0.1) is 0 Å². The van der Waals surface area contributed by atoms with Crippen LogP contribution in [0.1, 0.15) is 5.56 Å². The number of ether oxygens (including phenoxy) is 1. The molecule has 1 heterocycles. The highest BCUT2D eigenvalue weighted by atomic mass is 32.1. The summed E-state index contributed by atoms with van der Waals surface area (Å²) in [5, 5.41) is 5.41. The molecule has 0 saturated carbocycles. The van der Waals surface area contributed by atoms with Crippen molar-refractivity contribution in [2.75, 3.05) is 18.6 Å². The van der Waals surface area contributed by atoms with E-state index in [1.165, 1.54) is 24.3 Å². The topological polar surface area (TPSA) is 59.1 Å². The molecule has 9 heteroatoms. The molecular formula is C20H19F3N4OS. The van der Waals surface area contributed by atoms with E-state index in [4.69, 9.17) is 17.0 Å². The van der Waals surface area contributed by atoms with Crippen molar-refractivity contribution in [3.05, 3.63) is 84.1 Å². The molecule has 5 nitrogen and oxygen atoms in total. The van der Waals surface area contributed by atoms with Crippen LogP contribution in [0.15, 0.2) is 66.9 Å². The highest BCUT2D eigenvalue weighted by Crippen LogP contribution is 2.14. The van der Waals surface area contributed by atoms with Crippen molar-refractivity contribution in [1.29, 1.82) is 0 Å². The van der Waals surface area contributed by atoms with Crippen molar-refractivity contribution < 1.29 is 17.9 Å². The first kappa shape index (κ1) is 22.1. The average molecular weight is 420 g/mol. The molecule has 0 unspecified atom stereocenters. The van der Waals surface area contributed by atoms with Crippen LogP contribution in [-0.4, -0.2) is 28.4 Å². The molecule has 0 aliphatic carbocycles. The molecule has 0 bridgehead atoms. The fourth-order valence-electron chi connectivity index (χ4n) is 2.12. The molecule has 0 aliphatic rings. The average Bonchev–Trinajstić information content (AvgIpc) is 2.71. The Labute approximate surface area is 172 Å². The van der Waals surface area contributed by atoms with Gasteiger partial charge in [-0.2, -0.15) is 4.98 Å². The van der Waals surface area contributed by atoms with Gasteiger partial charge in [-0.3, -0.25) is 0 Å². The molecular weight excluding hydrogens is 401 g/mol. The Morgan fingerprint density at radius 1 is 1.24 bits per heavy atom. The second-order valence-electron chi connectivity index (χ2n) is 5.57. The van der Waals surface area contributed by atoms with Gasteiger partial charge < -0.3 is 15.4 Å². The van der Waals surface area contributed by atoms with E-state index in [-0.39, 0.29) is 35.9 Å². The standard InChI is InChI=1S/C20H19F3N4OS/c1-2-6-14(7-5-10-21)13-28-19-24-12-17(23)18(26-19)27-20(29)25-11-15-8-3-4-9-16(15)22/h2-9,12H,1,10-11,13H2,(H2,24,25,26,27,29)/b7-5-,14-6+. The first-order valence-corrected chi connectivity index (χ1v) is 8.92. The first-order chi connectivity index (χ1) is 14.0. The van der Waals surface area contributed by atoms with Crippen LogP contribution in [0.25, 0.3) is 0 Å². The number of anilines is 1. The van der Waals surface area contributed by atoms with Crippen molar-refractivity contribution in [1.82, 2.24) is 15.3 Å². The molecule has 2 rings (SSSR count). The summed E-state index contributed by atoms with van der Waals surface area (Å²) >= 11 is 5.09. The normalized spacial score (nSPS) is 11.3. The Bertz CT molecular complexity index is 918. The van der Waals surface area contributed by atoms with Gasteiger partial charge in [0.05, 0.1) is 6.20 Å². The van der Waals surface area contributed by atoms with E-state index in [1.807, 2.05) is 0 Å². The number of nitrogens with zero attached hydrogens (tertiary/aromatic N) is 2. The molecule has 0 fully saturated rings. The zero-order valence-electron chi connectivity index (χ0n) is 15.4. The third kappa shape index (κ3) is 7.38. The van der Waals surface area contributed by atoms with E-state index in [0.717, 1.165) is 6.20 Å². The second-order valence-corrected chi connectivity index (χ2v) is 5.98. The van der Waals surface area contributed by atoms with Gasteiger partial charge in [-0.05, 0) is 23.9 Å². The predicted octanol–water partition coefficient (Wildman–Crippen LogP) is 4.26. The predicted molar refractivity (Wildman–Crippen MR) is 110 cm³/mol. The zero-order chi connectivity index (χ0) is 21.1. The minimum Gasteiger partial charge on any atom is -0.459 e. The van der Waals surface area contributed by atoms with Crippen LogP contribution in [0.2, 0.25) is 0 Å².